The van der Waals surface area contributed by atoms with Gasteiger partial charge in [0.2, 0.25) is 18.6 Å². The maximum Gasteiger partial charge on any atom is 0.416 e. The first-order valence-electron chi connectivity index (χ1n) is 12.4. The fourth-order valence-corrected chi connectivity index (χ4v) is 4.54. The fourth-order valence-electron chi connectivity index (χ4n) is 4.37. The van der Waals surface area contributed by atoms with E-state index in [0.29, 0.717) is 22.9 Å². The predicted molar refractivity (Wildman–Crippen MR) is 142 cm³/mol. The summed E-state index contributed by atoms with van der Waals surface area (Å²) >= 11 is 5.90. The van der Waals surface area contributed by atoms with E-state index in [9.17, 15) is 27.6 Å². The van der Waals surface area contributed by atoms with Crippen molar-refractivity contribution in [2.24, 2.45) is 5.92 Å². The van der Waals surface area contributed by atoms with E-state index >= 15 is 0 Å². The molecule has 9 nitrogen and oxygen atoms in total. The second-order valence-electron chi connectivity index (χ2n) is 9.33. The van der Waals surface area contributed by atoms with Gasteiger partial charge in [-0.05, 0) is 60.2 Å². The van der Waals surface area contributed by atoms with Gasteiger partial charge in [0, 0.05) is 25.2 Å². The lowest BCUT2D eigenvalue weighted by Gasteiger charge is -2.17. The Kier molecular flexibility index (Phi) is 7.93. The average Bonchev–Trinajstić information content (AvgIpc) is 3.57. The Morgan fingerprint density at radius 1 is 1.02 bits per heavy atom. The van der Waals surface area contributed by atoms with E-state index in [4.69, 9.17) is 25.8 Å². The van der Waals surface area contributed by atoms with Gasteiger partial charge < -0.3 is 29.7 Å². The normalized spacial score (nSPS) is 16.0. The van der Waals surface area contributed by atoms with E-state index in [0.717, 1.165) is 23.8 Å². The monoisotopic (exact) mass is 589 g/mol. The van der Waals surface area contributed by atoms with Crippen molar-refractivity contribution in [1.29, 1.82) is 0 Å². The minimum absolute atomic E-state index is 0.0501. The zero-order chi connectivity index (χ0) is 29.1. The molecule has 2 aliphatic rings. The third-order valence-corrected chi connectivity index (χ3v) is 6.82. The second-order valence-corrected chi connectivity index (χ2v) is 9.74. The smallest absolute Gasteiger partial charge is 0.416 e. The molecule has 0 saturated carbocycles. The molecule has 13 heteroatoms. The number of nitrogens with one attached hydrogen (secondary N) is 2. The summed E-state index contributed by atoms with van der Waals surface area (Å²) in [6.07, 6.45) is -4.53. The van der Waals surface area contributed by atoms with Crippen molar-refractivity contribution in [1.82, 2.24) is 5.32 Å². The van der Waals surface area contributed by atoms with E-state index < -0.39 is 30.2 Å². The van der Waals surface area contributed by atoms with Crippen LogP contribution >= 0.6 is 11.6 Å². The van der Waals surface area contributed by atoms with E-state index in [1.807, 2.05) is 6.07 Å². The van der Waals surface area contributed by atoms with Gasteiger partial charge >= 0.3 is 6.18 Å². The summed E-state index contributed by atoms with van der Waals surface area (Å²) in [4.78, 5) is 39.1. The highest BCUT2D eigenvalue weighted by Crippen LogP contribution is 2.34. The topological polar surface area (TPSA) is 106 Å². The molecule has 3 aromatic rings. The third-order valence-electron chi connectivity index (χ3n) is 6.49. The predicted octanol–water partition coefficient (Wildman–Crippen LogP) is 4.77. The van der Waals surface area contributed by atoms with Crippen LogP contribution in [0.25, 0.3) is 0 Å². The quantitative estimate of drug-likeness (QED) is 0.392. The Morgan fingerprint density at radius 2 is 1.78 bits per heavy atom. The first-order chi connectivity index (χ1) is 19.6. The number of amides is 3. The summed E-state index contributed by atoms with van der Waals surface area (Å²) < 4.78 is 54.9. The molecule has 5 rings (SSSR count). The van der Waals surface area contributed by atoms with Crippen molar-refractivity contribution in [2.75, 3.05) is 30.2 Å². The zero-order valence-electron chi connectivity index (χ0n) is 21.3. The summed E-state index contributed by atoms with van der Waals surface area (Å²) in [5, 5.41) is 5.11. The number of fused-ring (bicyclic) bond motifs is 1. The highest BCUT2D eigenvalue weighted by Gasteiger charge is 2.35. The van der Waals surface area contributed by atoms with Crippen molar-refractivity contribution in [3.8, 4) is 17.2 Å². The molecule has 1 atom stereocenters. The highest BCUT2D eigenvalue weighted by molar-refractivity contribution is 6.33. The lowest BCUT2D eigenvalue weighted by molar-refractivity contribution is -0.137. The number of hydrogen-bond donors (Lipinski definition) is 2. The molecule has 1 unspecified atom stereocenters. The molecule has 214 valence electrons. The molecule has 41 heavy (non-hydrogen) atoms. The van der Waals surface area contributed by atoms with Crippen LogP contribution in [0.3, 0.4) is 0 Å². The number of carbonyl (C=O) groups excluding carboxylic acids is 3. The maximum atomic E-state index is 12.9. The van der Waals surface area contributed by atoms with E-state index in [1.54, 1.807) is 36.4 Å². The molecule has 2 heterocycles. The van der Waals surface area contributed by atoms with Crippen molar-refractivity contribution in [3.05, 3.63) is 76.8 Å². The van der Waals surface area contributed by atoms with Crippen LogP contribution in [0.1, 0.15) is 17.5 Å². The van der Waals surface area contributed by atoms with Crippen LogP contribution < -0.4 is 29.7 Å². The first kappa shape index (κ1) is 28.1. The lowest BCUT2D eigenvalue weighted by atomic mass is 10.1. The number of halogens is 4. The van der Waals surface area contributed by atoms with Gasteiger partial charge in [-0.1, -0.05) is 17.7 Å². The van der Waals surface area contributed by atoms with Crippen molar-refractivity contribution in [3.63, 3.8) is 0 Å². The number of ether oxygens (including phenoxy) is 3. The molecule has 0 aromatic heterocycles. The zero-order valence-corrected chi connectivity index (χ0v) is 22.1. The number of rotatable bonds is 8. The van der Waals surface area contributed by atoms with Crippen LogP contribution in [0.15, 0.2) is 60.7 Å². The number of anilines is 2. The van der Waals surface area contributed by atoms with Crippen molar-refractivity contribution < 1.29 is 41.8 Å². The van der Waals surface area contributed by atoms with E-state index in [1.165, 1.54) is 4.90 Å². The summed E-state index contributed by atoms with van der Waals surface area (Å²) in [5.74, 6) is -0.129. The summed E-state index contributed by atoms with van der Waals surface area (Å²) in [6, 6.07) is 14.3. The summed E-state index contributed by atoms with van der Waals surface area (Å²) in [7, 11) is 0. The van der Waals surface area contributed by atoms with Crippen LogP contribution in [0.4, 0.5) is 24.5 Å². The minimum Gasteiger partial charge on any atom is -0.484 e. The number of carbonyl (C=O) groups is 3. The third kappa shape index (κ3) is 6.65. The number of benzene rings is 3. The van der Waals surface area contributed by atoms with Crippen LogP contribution in [0.2, 0.25) is 5.02 Å². The Labute approximate surface area is 237 Å². The molecular formula is C28H23ClF3N3O6. The molecule has 3 aromatic carbocycles. The van der Waals surface area contributed by atoms with Gasteiger partial charge in [0.25, 0.3) is 5.91 Å². The molecule has 0 aliphatic carbocycles. The van der Waals surface area contributed by atoms with Gasteiger partial charge in [-0.15, -0.1) is 0 Å². The number of nitrogens with zero attached hydrogens (tertiary/aromatic N) is 1. The van der Waals surface area contributed by atoms with Gasteiger partial charge in [0.15, 0.2) is 18.1 Å². The summed E-state index contributed by atoms with van der Waals surface area (Å²) in [6.45, 7) is 0.151. The Hall–Kier alpha value is -4.45. The van der Waals surface area contributed by atoms with Crippen molar-refractivity contribution in [2.45, 2.75) is 19.1 Å². The molecule has 1 fully saturated rings. The van der Waals surface area contributed by atoms with Crippen LogP contribution in [-0.4, -0.2) is 37.7 Å². The largest absolute Gasteiger partial charge is 0.484 e. The molecular weight excluding hydrogens is 567 g/mol. The fraction of sp³-hybridized carbons (Fsp3) is 0.250. The van der Waals surface area contributed by atoms with Crippen LogP contribution in [0.5, 0.6) is 17.2 Å². The Morgan fingerprint density at radius 3 is 2.54 bits per heavy atom. The molecule has 1 saturated heterocycles. The molecule has 0 radical (unpaired) electrons. The Bertz CT molecular complexity index is 1480. The number of alkyl halides is 3. The van der Waals surface area contributed by atoms with Gasteiger partial charge in [0.1, 0.15) is 5.75 Å². The molecule has 2 N–H and O–H groups in total. The van der Waals surface area contributed by atoms with Gasteiger partial charge in [-0.3, -0.25) is 14.4 Å². The van der Waals surface area contributed by atoms with Crippen molar-refractivity contribution >= 4 is 40.7 Å². The highest BCUT2D eigenvalue weighted by atomic mass is 35.5. The van der Waals surface area contributed by atoms with Gasteiger partial charge in [0.05, 0.1) is 22.2 Å². The van der Waals surface area contributed by atoms with Crippen LogP contribution in [0, 0.1) is 5.92 Å². The molecule has 0 spiro atoms. The lowest BCUT2D eigenvalue weighted by Crippen LogP contribution is -2.32. The van der Waals surface area contributed by atoms with Crippen LogP contribution in [-0.2, 0) is 27.1 Å². The van der Waals surface area contributed by atoms with E-state index in [2.05, 4.69) is 10.6 Å². The standard InChI is InChI=1S/C28H23ClF3N3O6/c29-21-7-2-18(28(30,31)32)11-22(21)34-25(36)14-39-20-5-3-19(4-6-20)35-13-17(10-26(35)37)27(38)33-12-16-1-8-23-24(9-16)41-15-40-23/h1-9,11,17H,10,12-15H2,(H,33,38)(H,34,36). The van der Waals surface area contributed by atoms with E-state index in [-0.39, 0.29) is 48.8 Å². The first-order valence-corrected chi connectivity index (χ1v) is 12.8. The number of hydrogen-bond acceptors (Lipinski definition) is 6. The Balaban J connectivity index is 1.11. The van der Waals surface area contributed by atoms with Gasteiger partial charge in [-0.25, -0.2) is 0 Å². The summed E-state index contributed by atoms with van der Waals surface area (Å²) in [5.41, 5.74) is 0.252. The molecule has 3 amide bonds. The molecule has 0 bridgehead atoms. The minimum atomic E-state index is -4.59. The average molecular weight is 590 g/mol. The molecule has 2 aliphatic heterocycles. The second kappa shape index (κ2) is 11.6. The van der Waals surface area contributed by atoms with Gasteiger partial charge in [-0.2, -0.15) is 13.2 Å². The maximum absolute atomic E-state index is 12.9. The SMILES string of the molecule is O=C(COc1ccc(N2CC(C(=O)NCc3ccc4c(c3)OCO4)CC2=O)cc1)Nc1cc(C(F)(F)F)ccc1Cl.